The zero-order valence-electron chi connectivity index (χ0n) is 12.3. The normalized spacial score (nSPS) is 16.0. The van der Waals surface area contributed by atoms with Gasteiger partial charge in [-0.3, -0.25) is 0 Å². The number of hydrogen-bond donors (Lipinski definition) is 2. The molecule has 5 nitrogen and oxygen atoms in total. The largest absolute Gasteiger partial charge is 0.486 e. The van der Waals surface area contributed by atoms with E-state index in [1.54, 1.807) is 0 Å². The molecule has 2 aromatic rings. The van der Waals surface area contributed by atoms with Crippen LogP contribution in [0.15, 0.2) is 48.5 Å². The summed E-state index contributed by atoms with van der Waals surface area (Å²) >= 11 is 0. The molecule has 0 saturated carbocycles. The van der Waals surface area contributed by atoms with Crippen LogP contribution in [-0.4, -0.2) is 25.3 Å². The average molecular weight is 298 g/mol. The van der Waals surface area contributed by atoms with E-state index >= 15 is 0 Å². The van der Waals surface area contributed by atoms with Gasteiger partial charge < -0.3 is 20.1 Å². The van der Waals surface area contributed by atoms with Gasteiger partial charge in [0.05, 0.1) is 6.54 Å². The summed E-state index contributed by atoms with van der Waals surface area (Å²) in [6, 6.07) is 14.9. The Morgan fingerprint density at radius 3 is 2.64 bits per heavy atom. The summed E-state index contributed by atoms with van der Waals surface area (Å²) in [5.41, 5.74) is 1.91. The highest BCUT2D eigenvalue weighted by Crippen LogP contribution is 2.30. The van der Waals surface area contributed by atoms with E-state index in [1.165, 1.54) is 0 Å². The van der Waals surface area contributed by atoms with Crippen molar-refractivity contribution in [3.05, 3.63) is 54.1 Å². The minimum Gasteiger partial charge on any atom is -0.486 e. The third-order valence-corrected chi connectivity index (χ3v) is 3.37. The molecule has 1 aliphatic rings. The van der Waals surface area contributed by atoms with Crippen molar-refractivity contribution >= 4 is 11.7 Å². The van der Waals surface area contributed by atoms with Gasteiger partial charge in [-0.25, -0.2) is 4.79 Å². The van der Waals surface area contributed by atoms with Crippen LogP contribution in [0.3, 0.4) is 0 Å². The molecule has 2 amide bonds. The van der Waals surface area contributed by atoms with E-state index in [-0.39, 0.29) is 12.1 Å². The lowest BCUT2D eigenvalue weighted by Gasteiger charge is -2.26. The molecule has 1 heterocycles. The third-order valence-electron chi connectivity index (χ3n) is 3.37. The summed E-state index contributed by atoms with van der Waals surface area (Å²) in [5, 5.41) is 5.57. The molecule has 0 spiro atoms. The monoisotopic (exact) mass is 298 g/mol. The van der Waals surface area contributed by atoms with Crippen LogP contribution in [0.5, 0.6) is 11.5 Å². The molecule has 1 aliphatic heterocycles. The minimum absolute atomic E-state index is 0.196. The fourth-order valence-electron chi connectivity index (χ4n) is 2.18. The predicted molar refractivity (Wildman–Crippen MR) is 84.6 cm³/mol. The van der Waals surface area contributed by atoms with Gasteiger partial charge >= 0.3 is 6.03 Å². The number of carbonyl (C=O) groups excluding carboxylic acids is 1. The number of benzene rings is 2. The first-order valence-corrected chi connectivity index (χ1v) is 7.21. The van der Waals surface area contributed by atoms with Crippen molar-refractivity contribution < 1.29 is 14.3 Å². The predicted octanol–water partition coefficient (Wildman–Crippen LogP) is 2.96. The van der Waals surface area contributed by atoms with Crippen molar-refractivity contribution in [2.24, 2.45) is 0 Å². The lowest BCUT2D eigenvalue weighted by Crippen LogP contribution is -2.42. The molecule has 0 aliphatic carbocycles. The van der Waals surface area contributed by atoms with Crippen molar-refractivity contribution in [2.75, 3.05) is 18.5 Å². The summed E-state index contributed by atoms with van der Waals surface area (Å²) in [4.78, 5) is 11.9. The molecule has 0 radical (unpaired) electrons. The van der Waals surface area contributed by atoms with E-state index < -0.39 is 0 Å². The maximum Gasteiger partial charge on any atom is 0.319 e. The SMILES string of the molecule is Cc1ccc(NC(=O)NC[C@H]2COc3ccccc3O2)cc1. The average Bonchev–Trinajstić information content (AvgIpc) is 2.55. The second-order valence-electron chi connectivity index (χ2n) is 5.20. The molecular formula is C17H18N2O3. The molecule has 0 fully saturated rings. The molecule has 114 valence electrons. The van der Waals surface area contributed by atoms with Crippen LogP contribution in [0.1, 0.15) is 5.56 Å². The first-order valence-electron chi connectivity index (χ1n) is 7.21. The third kappa shape index (κ3) is 3.49. The summed E-state index contributed by atoms with van der Waals surface area (Å²) in [6.45, 7) is 2.80. The molecule has 1 atom stereocenters. The molecule has 2 aromatic carbocycles. The van der Waals surface area contributed by atoms with Crippen LogP contribution in [0.2, 0.25) is 0 Å². The van der Waals surface area contributed by atoms with Crippen molar-refractivity contribution in [1.82, 2.24) is 5.32 Å². The molecule has 5 heteroatoms. The number of amides is 2. The van der Waals surface area contributed by atoms with Gasteiger partial charge in [0.2, 0.25) is 0 Å². The number of carbonyl (C=O) groups is 1. The summed E-state index contributed by atoms with van der Waals surface area (Å²) in [6.07, 6.45) is -0.196. The zero-order valence-corrected chi connectivity index (χ0v) is 12.3. The molecule has 3 rings (SSSR count). The fourth-order valence-corrected chi connectivity index (χ4v) is 2.18. The summed E-state index contributed by atoms with van der Waals surface area (Å²) in [5.74, 6) is 1.45. The van der Waals surface area contributed by atoms with Gasteiger partial charge in [0.1, 0.15) is 6.61 Å². The number of anilines is 1. The van der Waals surface area contributed by atoms with Crippen molar-refractivity contribution in [3.63, 3.8) is 0 Å². The number of ether oxygens (including phenoxy) is 2. The molecular weight excluding hydrogens is 280 g/mol. The minimum atomic E-state index is -0.258. The zero-order chi connectivity index (χ0) is 15.4. The summed E-state index contributed by atoms with van der Waals surface area (Å²) in [7, 11) is 0. The maximum absolute atomic E-state index is 11.9. The highest BCUT2D eigenvalue weighted by molar-refractivity contribution is 5.89. The molecule has 0 bridgehead atoms. The second kappa shape index (κ2) is 6.39. The number of rotatable bonds is 3. The maximum atomic E-state index is 11.9. The number of aryl methyl sites for hydroxylation is 1. The van der Waals surface area contributed by atoms with Crippen molar-refractivity contribution in [3.8, 4) is 11.5 Å². The van der Waals surface area contributed by atoms with Gasteiger partial charge in [-0.05, 0) is 31.2 Å². The number of urea groups is 1. The van der Waals surface area contributed by atoms with Gasteiger partial charge in [0.25, 0.3) is 0 Å². The van der Waals surface area contributed by atoms with E-state index in [9.17, 15) is 4.79 Å². The fraction of sp³-hybridized carbons (Fsp3) is 0.235. The van der Waals surface area contributed by atoms with Gasteiger partial charge in [0, 0.05) is 5.69 Å². The van der Waals surface area contributed by atoms with Crippen LogP contribution < -0.4 is 20.1 Å². The Labute approximate surface area is 129 Å². The Balaban J connectivity index is 1.49. The van der Waals surface area contributed by atoms with E-state index in [0.717, 1.165) is 17.0 Å². The van der Waals surface area contributed by atoms with Crippen LogP contribution >= 0.6 is 0 Å². The Hall–Kier alpha value is -2.69. The Morgan fingerprint density at radius 2 is 1.86 bits per heavy atom. The number of nitrogens with one attached hydrogen (secondary N) is 2. The van der Waals surface area contributed by atoms with Gasteiger partial charge in [-0.2, -0.15) is 0 Å². The first kappa shape index (κ1) is 14.3. The smallest absolute Gasteiger partial charge is 0.319 e. The lowest BCUT2D eigenvalue weighted by atomic mass is 10.2. The number of fused-ring (bicyclic) bond motifs is 1. The van der Waals surface area contributed by atoms with Gasteiger partial charge in [-0.1, -0.05) is 29.8 Å². The molecule has 22 heavy (non-hydrogen) atoms. The second-order valence-corrected chi connectivity index (χ2v) is 5.20. The van der Waals surface area contributed by atoms with Crippen molar-refractivity contribution in [2.45, 2.75) is 13.0 Å². The van der Waals surface area contributed by atoms with Gasteiger partial charge in [0.15, 0.2) is 17.6 Å². The van der Waals surface area contributed by atoms with Gasteiger partial charge in [-0.15, -0.1) is 0 Å². The quantitative estimate of drug-likeness (QED) is 0.916. The number of para-hydroxylation sites is 2. The van der Waals surface area contributed by atoms with Crippen LogP contribution in [0, 0.1) is 6.92 Å². The van der Waals surface area contributed by atoms with E-state index in [1.807, 2.05) is 55.5 Å². The highest BCUT2D eigenvalue weighted by Gasteiger charge is 2.20. The summed E-state index contributed by atoms with van der Waals surface area (Å²) < 4.78 is 11.4. The lowest BCUT2D eigenvalue weighted by molar-refractivity contribution is 0.0922. The highest BCUT2D eigenvalue weighted by atomic mass is 16.6. The first-order chi connectivity index (χ1) is 10.7. The van der Waals surface area contributed by atoms with E-state index in [2.05, 4.69) is 10.6 Å². The van der Waals surface area contributed by atoms with E-state index in [4.69, 9.17) is 9.47 Å². The molecule has 0 aromatic heterocycles. The Morgan fingerprint density at radius 1 is 1.14 bits per heavy atom. The standard InChI is InChI=1S/C17H18N2O3/c1-12-6-8-13(9-7-12)19-17(20)18-10-14-11-21-15-4-2-3-5-16(15)22-14/h2-9,14H,10-11H2,1H3,(H2,18,19,20)/t14-/m0/s1. The molecule has 0 unspecified atom stereocenters. The van der Waals surface area contributed by atoms with Crippen molar-refractivity contribution in [1.29, 1.82) is 0 Å². The van der Waals surface area contributed by atoms with Crippen LogP contribution in [0.25, 0.3) is 0 Å². The Kier molecular flexibility index (Phi) is 4.14. The topological polar surface area (TPSA) is 59.6 Å². The van der Waals surface area contributed by atoms with Crippen LogP contribution in [-0.2, 0) is 0 Å². The molecule has 0 saturated heterocycles. The molecule has 2 N–H and O–H groups in total. The van der Waals surface area contributed by atoms with E-state index in [0.29, 0.717) is 18.9 Å². The number of hydrogen-bond acceptors (Lipinski definition) is 3. The van der Waals surface area contributed by atoms with Crippen LogP contribution in [0.4, 0.5) is 10.5 Å². The Bertz CT molecular complexity index is 655.